The van der Waals surface area contributed by atoms with Crippen LogP contribution in [0.4, 0.5) is 0 Å². The molecule has 2 heteroatoms. The average molecular weight is 73.1 g/mol. The van der Waals surface area contributed by atoms with Gasteiger partial charge in [-0.2, -0.15) is 0 Å². The summed E-state index contributed by atoms with van der Waals surface area (Å²) in [5, 5.41) is 7.97. The van der Waals surface area contributed by atoms with E-state index >= 15 is 0 Å². The van der Waals surface area contributed by atoms with Gasteiger partial charge in [0.2, 0.25) is 0 Å². The number of nitrogens with zero attached hydrogens (tertiary/aromatic N) is 1. The topological polar surface area (TPSA) is 23.2 Å². The maximum absolute atomic E-state index is 7.97. The summed E-state index contributed by atoms with van der Waals surface area (Å²) >= 11 is 0. The van der Waals surface area contributed by atoms with Gasteiger partial charge in [-0.05, 0) is 11.7 Å². The lowest BCUT2D eigenvalue weighted by molar-refractivity contribution is -0.766. The second-order valence-corrected chi connectivity index (χ2v) is 0.756. The molecule has 0 aliphatic carbocycles. The molecule has 0 unspecified atom stereocenters. The highest BCUT2D eigenvalue weighted by Crippen LogP contribution is 1.51. The fourth-order valence-electron chi connectivity index (χ4n) is 0. The van der Waals surface area contributed by atoms with Gasteiger partial charge in [-0.25, -0.2) is 0 Å². The Labute approximate surface area is 31.3 Å². The van der Waals surface area contributed by atoms with E-state index < -0.39 is 0 Å². The lowest BCUT2D eigenvalue weighted by Crippen LogP contribution is -1.98. The maximum Gasteiger partial charge on any atom is 0.282 e. The Morgan fingerprint density at radius 3 is 2.20 bits per heavy atom. The monoisotopic (exact) mass is 73.1 g/mol. The zero-order valence-corrected chi connectivity index (χ0v) is 3.18. The lowest BCUT2D eigenvalue weighted by atomic mass is 10.8. The Balaban J connectivity index is 2.85. The van der Waals surface area contributed by atoms with E-state index in [1.807, 2.05) is 0 Å². The highest BCUT2D eigenvalue weighted by molar-refractivity contribution is 5.13. The van der Waals surface area contributed by atoms with E-state index in [-0.39, 0.29) is 0 Å². The zero-order chi connectivity index (χ0) is 4.28. The van der Waals surface area contributed by atoms with Crippen LogP contribution in [-0.4, -0.2) is 23.2 Å². The van der Waals surface area contributed by atoms with Crippen molar-refractivity contribution in [2.45, 2.75) is 6.92 Å². The number of hydrogen-bond acceptors (Lipinski definition) is 1. The van der Waals surface area contributed by atoms with Crippen molar-refractivity contribution in [2.75, 3.05) is 6.54 Å². The third kappa shape index (κ3) is 3.47. The summed E-state index contributed by atoms with van der Waals surface area (Å²) in [5.41, 5.74) is 0. The minimum atomic E-state index is 0.472. The van der Waals surface area contributed by atoms with E-state index in [1.165, 1.54) is 0 Å². The van der Waals surface area contributed by atoms with E-state index in [1.54, 1.807) is 6.92 Å². The maximum atomic E-state index is 7.97. The van der Waals surface area contributed by atoms with Crippen LogP contribution in [0, 0.1) is 0 Å². The fraction of sp³-hybridized carbons (Fsp3) is 0.667. The SMILES string of the molecule is [CH]=[N+](O)CC. The van der Waals surface area contributed by atoms with Crippen LogP contribution in [0.25, 0.3) is 0 Å². The van der Waals surface area contributed by atoms with Crippen molar-refractivity contribution in [1.82, 2.24) is 0 Å². The molecule has 0 heterocycles. The molecule has 29 valence electrons. The molecule has 2 nitrogen and oxygen atoms in total. The molecular weight excluding hydrogens is 66.0 g/mol. The first-order valence-corrected chi connectivity index (χ1v) is 1.48. The largest absolute Gasteiger partial charge is 0.291 e. The molecule has 5 heavy (non-hydrogen) atoms. The van der Waals surface area contributed by atoms with E-state index in [0.717, 1.165) is 0 Å². The van der Waals surface area contributed by atoms with Crippen LogP contribution in [0.5, 0.6) is 0 Å². The number of rotatable bonds is 1. The van der Waals surface area contributed by atoms with Crippen LogP contribution < -0.4 is 0 Å². The van der Waals surface area contributed by atoms with Crippen LogP contribution in [-0.2, 0) is 0 Å². The second-order valence-electron chi connectivity index (χ2n) is 0.756. The molecule has 1 radical (unpaired) electrons. The number of hydrogen-bond donors (Lipinski definition) is 1. The van der Waals surface area contributed by atoms with Gasteiger partial charge in [0.25, 0.3) is 6.72 Å². The van der Waals surface area contributed by atoms with Crippen molar-refractivity contribution >= 4 is 6.72 Å². The molecule has 0 bridgehead atoms. The first kappa shape index (κ1) is 4.47. The third-order valence-electron chi connectivity index (χ3n) is 0.324. The Hall–Kier alpha value is -0.530. The predicted molar refractivity (Wildman–Crippen MR) is 18.7 cm³/mol. The molecule has 0 aromatic carbocycles. The Bertz CT molecular complexity index is 42.2. The normalized spacial score (nSPS) is 7.40. The zero-order valence-electron chi connectivity index (χ0n) is 3.18. The van der Waals surface area contributed by atoms with Gasteiger partial charge in [0.05, 0.1) is 0 Å². The number of hydroxylamine groups is 1. The van der Waals surface area contributed by atoms with Crippen LogP contribution in [0.15, 0.2) is 0 Å². The van der Waals surface area contributed by atoms with Crippen LogP contribution in [0.3, 0.4) is 0 Å². The Morgan fingerprint density at radius 2 is 2.20 bits per heavy atom. The van der Waals surface area contributed by atoms with E-state index in [4.69, 9.17) is 5.21 Å². The molecule has 0 aromatic heterocycles. The summed E-state index contributed by atoms with van der Waals surface area (Å²) in [5.74, 6) is 0. The minimum Gasteiger partial charge on any atom is -0.291 e. The molecule has 0 aliphatic rings. The van der Waals surface area contributed by atoms with Crippen molar-refractivity contribution in [1.29, 1.82) is 0 Å². The minimum absolute atomic E-state index is 0.472. The van der Waals surface area contributed by atoms with Crippen molar-refractivity contribution in [3.05, 3.63) is 0 Å². The highest BCUT2D eigenvalue weighted by Gasteiger charge is 1.78. The molecule has 0 saturated carbocycles. The van der Waals surface area contributed by atoms with Gasteiger partial charge in [0.1, 0.15) is 0 Å². The van der Waals surface area contributed by atoms with Gasteiger partial charge in [-0.1, -0.05) is 0 Å². The average Bonchev–Trinajstić information content (AvgIpc) is 1.38. The van der Waals surface area contributed by atoms with Crippen molar-refractivity contribution in [3.63, 3.8) is 0 Å². The van der Waals surface area contributed by atoms with Crippen molar-refractivity contribution in [3.8, 4) is 0 Å². The fourth-order valence-corrected chi connectivity index (χ4v) is 0. The molecule has 0 amide bonds. The molecule has 0 fully saturated rings. The smallest absolute Gasteiger partial charge is 0.282 e. The van der Waals surface area contributed by atoms with Gasteiger partial charge in [0.15, 0.2) is 6.54 Å². The van der Waals surface area contributed by atoms with Gasteiger partial charge < -0.3 is 0 Å². The molecule has 0 saturated heterocycles. The predicted octanol–water partition coefficient (Wildman–Crippen LogP) is -0.0144. The van der Waals surface area contributed by atoms with E-state index in [2.05, 4.69) is 6.72 Å². The van der Waals surface area contributed by atoms with Gasteiger partial charge in [0, 0.05) is 0 Å². The van der Waals surface area contributed by atoms with Crippen molar-refractivity contribution < 1.29 is 9.95 Å². The summed E-state index contributed by atoms with van der Waals surface area (Å²) in [7, 11) is 0. The molecule has 1 N–H and O–H groups in total. The van der Waals surface area contributed by atoms with Crippen molar-refractivity contribution in [2.24, 2.45) is 0 Å². The summed E-state index contributed by atoms with van der Waals surface area (Å²) in [6.07, 6.45) is 0. The van der Waals surface area contributed by atoms with Crippen LogP contribution in [0.2, 0.25) is 0 Å². The first-order valence-electron chi connectivity index (χ1n) is 1.48. The molecule has 0 atom stereocenters. The highest BCUT2D eigenvalue weighted by atomic mass is 16.5. The third-order valence-corrected chi connectivity index (χ3v) is 0.324. The molecular formula is C3H7NO+. The summed E-state index contributed by atoms with van der Waals surface area (Å²) in [4.78, 5) is 0. The van der Waals surface area contributed by atoms with Gasteiger partial charge >= 0.3 is 0 Å². The molecule has 0 spiro atoms. The Morgan fingerprint density at radius 1 is 2.00 bits per heavy atom. The Kier molecular flexibility index (Phi) is 1.57. The summed E-state index contributed by atoms with van der Waals surface area (Å²) in [6, 6.07) is 0. The summed E-state index contributed by atoms with van der Waals surface area (Å²) in [6.45, 7) is 6.90. The quantitative estimate of drug-likeness (QED) is 0.200. The van der Waals surface area contributed by atoms with Gasteiger partial charge in [-0.15, -0.1) is 0 Å². The van der Waals surface area contributed by atoms with Crippen LogP contribution in [0.1, 0.15) is 6.92 Å². The first-order chi connectivity index (χ1) is 2.27. The van der Waals surface area contributed by atoms with E-state index in [0.29, 0.717) is 11.3 Å². The molecule has 0 aromatic rings. The van der Waals surface area contributed by atoms with E-state index in [9.17, 15) is 0 Å². The standard InChI is InChI=1S/C3H7NO/c1-3-4(2)5/h2,5H,3H2,1H3/q+1. The van der Waals surface area contributed by atoms with Gasteiger partial charge in [-0.3, -0.25) is 5.21 Å². The summed E-state index contributed by atoms with van der Waals surface area (Å²) < 4.78 is 0.625. The molecule has 0 rings (SSSR count). The lowest BCUT2D eigenvalue weighted by Gasteiger charge is -1.72. The molecule has 0 aliphatic heterocycles. The van der Waals surface area contributed by atoms with Crippen LogP contribution >= 0.6 is 0 Å². The second kappa shape index (κ2) is 1.76.